The van der Waals surface area contributed by atoms with Crippen LogP contribution < -0.4 is 0 Å². The first-order valence-corrected chi connectivity index (χ1v) is 2.81. The molecule has 0 radical (unpaired) electrons. The van der Waals surface area contributed by atoms with Crippen LogP contribution >= 0.6 is 0 Å². The molecular formula is C6H11NO2. The lowest BCUT2D eigenvalue weighted by Crippen LogP contribution is -2.12. The number of ketones is 1. The van der Waals surface area contributed by atoms with Gasteiger partial charge in [-0.2, -0.15) is 0 Å². The van der Waals surface area contributed by atoms with E-state index < -0.39 is 0 Å². The summed E-state index contributed by atoms with van der Waals surface area (Å²) in [4.78, 5) is 14.3. The summed E-state index contributed by atoms with van der Waals surface area (Å²) >= 11 is 0. The minimum atomic E-state index is -0.126. The van der Waals surface area contributed by atoms with Crippen molar-refractivity contribution < 1.29 is 9.53 Å². The summed E-state index contributed by atoms with van der Waals surface area (Å²) in [5.41, 5.74) is 0. The average Bonchev–Trinajstić information content (AvgIpc) is 1.82. The molecule has 9 heavy (non-hydrogen) atoms. The lowest BCUT2D eigenvalue weighted by Gasteiger charge is -1.96. The molecule has 0 amide bonds. The fourth-order valence-electron chi connectivity index (χ4n) is 0.463. The van der Waals surface area contributed by atoms with Gasteiger partial charge in [-0.15, -0.1) is 0 Å². The molecule has 3 heteroatoms. The molecule has 3 nitrogen and oxygen atoms in total. The van der Waals surface area contributed by atoms with E-state index in [0.717, 1.165) is 0 Å². The first kappa shape index (κ1) is 8.14. The molecule has 0 rings (SSSR count). The van der Waals surface area contributed by atoms with Gasteiger partial charge < -0.3 is 4.74 Å². The molecule has 0 bridgehead atoms. The van der Waals surface area contributed by atoms with E-state index >= 15 is 0 Å². The highest BCUT2D eigenvalue weighted by Crippen LogP contribution is 1.81. The molecule has 0 saturated carbocycles. The van der Waals surface area contributed by atoms with Crippen molar-refractivity contribution in [2.75, 3.05) is 13.7 Å². The number of nitrogens with zero attached hydrogens (tertiary/aromatic N) is 1. The van der Waals surface area contributed by atoms with Crippen LogP contribution in [0, 0.1) is 0 Å². The lowest BCUT2D eigenvalue weighted by molar-refractivity contribution is -0.112. The summed E-state index contributed by atoms with van der Waals surface area (Å²) < 4.78 is 4.65. The zero-order valence-corrected chi connectivity index (χ0v) is 5.97. The van der Waals surface area contributed by atoms with E-state index in [0.29, 0.717) is 6.54 Å². The van der Waals surface area contributed by atoms with E-state index in [1.807, 2.05) is 6.92 Å². The summed E-state index contributed by atoms with van der Waals surface area (Å²) in [6.45, 7) is 3.86. The van der Waals surface area contributed by atoms with Crippen LogP contribution in [0.5, 0.6) is 0 Å². The standard InChI is InChI=1S/C6H11NO2/c1-4-7-6(9-3)5(2)8/h4H2,1-3H3. The van der Waals surface area contributed by atoms with Crippen LogP contribution in [0.3, 0.4) is 0 Å². The maximum Gasteiger partial charge on any atom is 0.252 e. The quantitative estimate of drug-likeness (QED) is 0.405. The smallest absolute Gasteiger partial charge is 0.252 e. The third-order valence-corrected chi connectivity index (χ3v) is 0.796. The third-order valence-electron chi connectivity index (χ3n) is 0.796. The van der Waals surface area contributed by atoms with Gasteiger partial charge in [0.05, 0.1) is 7.11 Å². The molecule has 0 saturated heterocycles. The molecule has 0 spiro atoms. The predicted octanol–water partition coefficient (Wildman–Crippen LogP) is 0.640. The van der Waals surface area contributed by atoms with Crippen molar-refractivity contribution in [2.24, 2.45) is 4.99 Å². The van der Waals surface area contributed by atoms with Gasteiger partial charge in [-0.05, 0) is 6.92 Å². The zero-order chi connectivity index (χ0) is 7.28. The van der Waals surface area contributed by atoms with Gasteiger partial charge >= 0.3 is 0 Å². The van der Waals surface area contributed by atoms with Gasteiger partial charge in [-0.1, -0.05) is 0 Å². The molecular weight excluding hydrogens is 118 g/mol. The molecule has 0 aromatic carbocycles. The highest BCUT2D eigenvalue weighted by Gasteiger charge is 2.01. The van der Waals surface area contributed by atoms with Crippen molar-refractivity contribution in [3.63, 3.8) is 0 Å². The molecule has 0 aromatic rings. The van der Waals surface area contributed by atoms with Crippen molar-refractivity contribution in [2.45, 2.75) is 13.8 Å². The second-order valence-corrected chi connectivity index (χ2v) is 1.54. The number of carbonyl (C=O) groups excluding carboxylic acids is 1. The number of hydrogen-bond acceptors (Lipinski definition) is 3. The van der Waals surface area contributed by atoms with Crippen molar-refractivity contribution in [1.82, 2.24) is 0 Å². The molecule has 0 aliphatic carbocycles. The molecule has 0 N–H and O–H groups in total. The first-order valence-electron chi connectivity index (χ1n) is 2.81. The minimum absolute atomic E-state index is 0.126. The Morgan fingerprint density at radius 1 is 1.67 bits per heavy atom. The van der Waals surface area contributed by atoms with E-state index in [9.17, 15) is 4.79 Å². The number of carbonyl (C=O) groups is 1. The molecule has 0 atom stereocenters. The highest BCUT2D eigenvalue weighted by molar-refractivity contribution is 6.35. The van der Waals surface area contributed by atoms with Crippen molar-refractivity contribution >= 4 is 11.7 Å². The number of methoxy groups -OCH3 is 1. The van der Waals surface area contributed by atoms with Gasteiger partial charge in [-0.3, -0.25) is 4.79 Å². The van der Waals surface area contributed by atoms with Crippen LogP contribution in [0.25, 0.3) is 0 Å². The van der Waals surface area contributed by atoms with Gasteiger partial charge in [0, 0.05) is 13.5 Å². The Labute approximate surface area is 54.7 Å². The topological polar surface area (TPSA) is 38.7 Å². The summed E-state index contributed by atoms with van der Waals surface area (Å²) in [7, 11) is 1.44. The Kier molecular flexibility index (Phi) is 3.67. The number of hydrogen-bond donors (Lipinski definition) is 0. The normalized spacial score (nSPS) is 11.2. The molecule has 0 heterocycles. The molecule has 0 aromatic heterocycles. The van der Waals surface area contributed by atoms with Crippen LogP contribution in [0.15, 0.2) is 4.99 Å². The second-order valence-electron chi connectivity index (χ2n) is 1.54. The molecule has 0 fully saturated rings. The lowest BCUT2D eigenvalue weighted by atomic mass is 10.4. The first-order chi connectivity index (χ1) is 4.22. The summed E-state index contributed by atoms with van der Waals surface area (Å²) in [5, 5.41) is 0. The zero-order valence-electron chi connectivity index (χ0n) is 5.97. The Hall–Kier alpha value is -0.860. The predicted molar refractivity (Wildman–Crippen MR) is 35.7 cm³/mol. The van der Waals surface area contributed by atoms with Crippen molar-refractivity contribution in [3.05, 3.63) is 0 Å². The molecule has 0 aliphatic heterocycles. The van der Waals surface area contributed by atoms with Crippen LogP contribution in [0.1, 0.15) is 13.8 Å². The summed E-state index contributed by atoms with van der Waals surface area (Å²) in [6.07, 6.45) is 0. The van der Waals surface area contributed by atoms with Crippen LogP contribution in [0.2, 0.25) is 0 Å². The third kappa shape index (κ3) is 2.85. The van der Waals surface area contributed by atoms with Gasteiger partial charge in [0.2, 0.25) is 5.78 Å². The van der Waals surface area contributed by atoms with E-state index in [1.165, 1.54) is 14.0 Å². The van der Waals surface area contributed by atoms with E-state index in [2.05, 4.69) is 9.73 Å². The summed E-state index contributed by atoms with van der Waals surface area (Å²) in [5.74, 6) is 0.0804. The van der Waals surface area contributed by atoms with Crippen molar-refractivity contribution in [3.8, 4) is 0 Å². The highest BCUT2D eigenvalue weighted by atomic mass is 16.5. The second kappa shape index (κ2) is 4.06. The number of aliphatic imine (C=N–C) groups is 1. The van der Waals surface area contributed by atoms with Crippen LogP contribution in [-0.4, -0.2) is 25.3 Å². The number of Topliss-reactive ketones (excluding diaryl/α,β-unsaturated/α-hetero) is 1. The Balaban J connectivity index is 3.98. The molecule has 0 unspecified atom stereocenters. The Morgan fingerprint density at radius 2 is 2.22 bits per heavy atom. The Morgan fingerprint density at radius 3 is 2.33 bits per heavy atom. The van der Waals surface area contributed by atoms with E-state index in [1.54, 1.807) is 0 Å². The van der Waals surface area contributed by atoms with Gasteiger partial charge in [0.25, 0.3) is 5.90 Å². The van der Waals surface area contributed by atoms with Gasteiger partial charge in [0.15, 0.2) is 0 Å². The van der Waals surface area contributed by atoms with Crippen LogP contribution in [-0.2, 0) is 9.53 Å². The Bertz CT molecular complexity index is 129. The van der Waals surface area contributed by atoms with Crippen LogP contribution in [0.4, 0.5) is 0 Å². The van der Waals surface area contributed by atoms with E-state index in [4.69, 9.17) is 0 Å². The average molecular weight is 129 g/mol. The monoisotopic (exact) mass is 129 g/mol. The SMILES string of the molecule is CCN=C(OC)C(C)=O. The number of ether oxygens (including phenoxy) is 1. The fraction of sp³-hybridized carbons (Fsp3) is 0.667. The summed E-state index contributed by atoms with van der Waals surface area (Å²) in [6, 6.07) is 0. The number of rotatable bonds is 2. The van der Waals surface area contributed by atoms with Crippen molar-refractivity contribution in [1.29, 1.82) is 0 Å². The fourth-order valence-corrected chi connectivity index (χ4v) is 0.463. The van der Waals surface area contributed by atoms with Gasteiger partial charge in [-0.25, -0.2) is 4.99 Å². The minimum Gasteiger partial charge on any atom is -0.479 e. The molecule has 52 valence electrons. The van der Waals surface area contributed by atoms with Gasteiger partial charge in [0.1, 0.15) is 0 Å². The molecule has 0 aliphatic rings. The maximum atomic E-state index is 10.5. The largest absolute Gasteiger partial charge is 0.479 e. The van der Waals surface area contributed by atoms with E-state index in [-0.39, 0.29) is 11.7 Å². The maximum absolute atomic E-state index is 10.5.